The van der Waals surface area contributed by atoms with Crippen LogP contribution in [0.5, 0.6) is 0 Å². The topological polar surface area (TPSA) is 45.4 Å². The van der Waals surface area contributed by atoms with Gasteiger partial charge in [0.25, 0.3) is 0 Å². The molecule has 0 aliphatic heterocycles. The Bertz CT molecular complexity index is 812. The second-order valence-electron chi connectivity index (χ2n) is 9.55. The summed E-state index contributed by atoms with van der Waals surface area (Å²) >= 11 is 0. The molecule has 0 saturated heterocycles. The summed E-state index contributed by atoms with van der Waals surface area (Å²) in [5, 5.41) is 8.62. The van der Waals surface area contributed by atoms with Gasteiger partial charge in [-0.25, -0.2) is 0 Å². The van der Waals surface area contributed by atoms with Crippen LogP contribution in [0.3, 0.4) is 0 Å². The highest BCUT2D eigenvalue weighted by Crippen LogP contribution is 2.39. The van der Waals surface area contributed by atoms with Crippen molar-refractivity contribution in [3.05, 3.63) is 47.9 Å². The Hall–Kier alpha value is -1.98. The molecule has 1 aromatic heterocycles. The molecule has 0 radical (unpaired) electrons. The molecule has 30 heavy (non-hydrogen) atoms. The van der Waals surface area contributed by atoms with Crippen molar-refractivity contribution in [2.75, 3.05) is 40.8 Å². The Labute approximate surface area is 182 Å². The quantitative estimate of drug-likeness (QED) is 0.564. The zero-order valence-electron chi connectivity index (χ0n) is 19.5. The fourth-order valence-electron chi connectivity index (χ4n) is 4.55. The van der Waals surface area contributed by atoms with Gasteiger partial charge in [-0.15, -0.1) is 10.2 Å². The molecule has 164 valence electrons. The van der Waals surface area contributed by atoms with Gasteiger partial charge in [0.05, 0.1) is 0 Å². The maximum Gasteiger partial charge on any atom is 0.247 e. The van der Waals surface area contributed by atoms with Gasteiger partial charge in [0.2, 0.25) is 11.8 Å². The van der Waals surface area contributed by atoms with Crippen molar-refractivity contribution >= 4 is 0 Å². The first-order valence-corrected chi connectivity index (χ1v) is 11.2. The second kappa shape index (κ2) is 10.4. The monoisotopic (exact) mass is 410 g/mol. The third-order valence-corrected chi connectivity index (χ3v) is 6.44. The first kappa shape index (κ1) is 22.7. The fraction of sp³-hybridized carbons (Fsp3) is 0.600. The fourth-order valence-corrected chi connectivity index (χ4v) is 4.55. The Morgan fingerprint density at radius 2 is 1.80 bits per heavy atom. The number of hydrogen-bond acceptors (Lipinski definition) is 5. The number of rotatable bonds is 9. The molecular formula is C25H38N4O. The average Bonchev–Trinajstić information content (AvgIpc) is 3.17. The molecule has 0 N–H and O–H groups in total. The van der Waals surface area contributed by atoms with Gasteiger partial charge in [-0.05, 0) is 70.3 Å². The molecule has 3 rings (SSSR count). The molecule has 0 fully saturated rings. The predicted molar refractivity (Wildman–Crippen MR) is 123 cm³/mol. The van der Waals surface area contributed by atoms with Crippen molar-refractivity contribution in [2.45, 2.75) is 33.6 Å². The summed E-state index contributed by atoms with van der Waals surface area (Å²) in [6.07, 6.45) is 4.54. The van der Waals surface area contributed by atoms with Crippen LogP contribution in [0.15, 0.2) is 46.4 Å². The molecule has 0 unspecified atom stereocenters. The van der Waals surface area contributed by atoms with Crippen molar-refractivity contribution in [3.8, 4) is 11.5 Å². The van der Waals surface area contributed by atoms with E-state index >= 15 is 0 Å². The predicted octanol–water partition coefficient (Wildman–Crippen LogP) is 4.63. The second-order valence-corrected chi connectivity index (χ2v) is 9.55. The lowest BCUT2D eigenvalue weighted by molar-refractivity contribution is 0.170. The summed E-state index contributed by atoms with van der Waals surface area (Å²) in [5.41, 5.74) is 2.45. The minimum Gasteiger partial charge on any atom is -0.421 e. The van der Waals surface area contributed by atoms with Gasteiger partial charge in [-0.2, -0.15) is 0 Å². The van der Waals surface area contributed by atoms with Crippen molar-refractivity contribution < 1.29 is 4.42 Å². The zero-order valence-corrected chi connectivity index (χ0v) is 19.5. The van der Waals surface area contributed by atoms with Crippen LogP contribution in [0.1, 0.15) is 33.1 Å². The zero-order chi connectivity index (χ0) is 21.7. The number of allylic oxidation sites excluding steroid dienone is 1. The molecule has 1 aliphatic carbocycles. The molecule has 0 bridgehead atoms. The first-order chi connectivity index (χ1) is 14.3. The summed E-state index contributed by atoms with van der Waals surface area (Å²) in [6, 6.07) is 10.0. The van der Waals surface area contributed by atoms with Gasteiger partial charge in [0, 0.05) is 31.6 Å². The van der Waals surface area contributed by atoms with Crippen LogP contribution in [0.2, 0.25) is 0 Å². The van der Waals surface area contributed by atoms with Crippen LogP contribution in [-0.4, -0.2) is 60.8 Å². The van der Waals surface area contributed by atoms with E-state index in [1.807, 2.05) is 30.3 Å². The van der Waals surface area contributed by atoms with Crippen molar-refractivity contribution in [1.82, 2.24) is 20.0 Å². The number of likely N-dealkylation sites (N-methyl/N-ethyl adjacent to an activating group) is 2. The Balaban J connectivity index is 1.67. The van der Waals surface area contributed by atoms with Gasteiger partial charge < -0.3 is 14.2 Å². The highest BCUT2D eigenvalue weighted by atomic mass is 16.4. The maximum absolute atomic E-state index is 6.00. The van der Waals surface area contributed by atoms with Crippen LogP contribution >= 0.6 is 0 Å². The third-order valence-electron chi connectivity index (χ3n) is 6.44. The van der Waals surface area contributed by atoms with Gasteiger partial charge in [-0.3, -0.25) is 0 Å². The Kier molecular flexibility index (Phi) is 7.84. The molecule has 1 heterocycles. The lowest BCUT2D eigenvalue weighted by Crippen LogP contribution is -2.38. The number of aromatic nitrogens is 2. The summed E-state index contributed by atoms with van der Waals surface area (Å²) in [6.45, 7) is 10.3. The normalized spacial score (nSPS) is 22.2. The number of benzene rings is 1. The van der Waals surface area contributed by atoms with E-state index in [0.29, 0.717) is 29.6 Å². The number of nitrogens with zero attached hydrogens (tertiary/aromatic N) is 4. The average molecular weight is 411 g/mol. The molecule has 0 amide bonds. The third kappa shape index (κ3) is 6.02. The molecule has 5 heteroatoms. The van der Waals surface area contributed by atoms with Crippen LogP contribution in [-0.2, 0) is 6.42 Å². The van der Waals surface area contributed by atoms with Crippen LogP contribution in [0.25, 0.3) is 11.5 Å². The molecule has 1 aromatic carbocycles. The van der Waals surface area contributed by atoms with Gasteiger partial charge in [0.1, 0.15) is 0 Å². The van der Waals surface area contributed by atoms with E-state index in [2.05, 4.69) is 68.0 Å². The van der Waals surface area contributed by atoms with E-state index in [1.165, 1.54) is 12.0 Å². The number of hydrogen-bond donors (Lipinski definition) is 0. The molecular weight excluding hydrogens is 372 g/mol. The van der Waals surface area contributed by atoms with Crippen molar-refractivity contribution in [2.24, 2.45) is 23.7 Å². The van der Waals surface area contributed by atoms with Crippen LogP contribution in [0, 0.1) is 23.7 Å². The summed E-state index contributed by atoms with van der Waals surface area (Å²) in [7, 11) is 6.53. The molecule has 3 atom stereocenters. The molecule has 1 aliphatic rings. The van der Waals surface area contributed by atoms with E-state index in [1.54, 1.807) is 0 Å². The molecule has 0 spiro atoms. The smallest absolute Gasteiger partial charge is 0.247 e. The minimum atomic E-state index is 0.477. The molecule has 0 saturated carbocycles. The van der Waals surface area contributed by atoms with Crippen molar-refractivity contribution in [1.29, 1.82) is 0 Å². The largest absolute Gasteiger partial charge is 0.421 e. The highest BCUT2D eigenvalue weighted by molar-refractivity contribution is 5.51. The SMILES string of the molecule is CC1=C[C@@H](CN(C)CCN(C)C)[C@H](C(C)C)C[C@H]1Cc1nnc(-c2ccccc2)o1. The molecule has 5 nitrogen and oxygen atoms in total. The molecule has 2 aromatic rings. The first-order valence-electron chi connectivity index (χ1n) is 11.2. The summed E-state index contributed by atoms with van der Waals surface area (Å²) in [4.78, 5) is 4.73. The lowest BCUT2D eigenvalue weighted by atomic mass is 9.69. The Morgan fingerprint density at radius 1 is 1.07 bits per heavy atom. The standard InChI is InChI=1S/C25H38N4O/c1-18(2)23-15-21(19(3)14-22(23)17-29(6)13-12-28(4)5)16-24-26-27-25(30-24)20-10-8-7-9-11-20/h7-11,14,18,21-23H,12-13,15-17H2,1-6H3/t21-,22-,23-/m0/s1. The summed E-state index contributed by atoms with van der Waals surface area (Å²) in [5.74, 6) is 3.78. The maximum atomic E-state index is 6.00. The lowest BCUT2D eigenvalue weighted by Gasteiger charge is -2.38. The van der Waals surface area contributed by atoms with E-state index < -0.39 is 0 Å². The van der Waals surface area contributed by atoms with Gasteiger partial charge in [-0.1, -0.05) is 43.7 Å². The van der Waals surface area contributed by atoms with Crippen LogP contribution in [0.4, 0.5) is 0 Å². The van der Waals surface area contributed by atoms with Gasteiger partial charge >= 0.3 is 0 Å². The van der Waals surface area contributed by atoms with E-state index in [9.17, 15) is 0 Å². The van der Waals surface area contributed by atoms with E-state index in [-0.39, 0.29) is 0 Å². The van der Waals surface area contributed by atoms with E-state index in [0.717, 1.165) is 37.5 Å². The van der Waals surface area contributed by atoms with E-state index in [4.69, 9.17) is 4.42 Å². The summed E-state index contributed by atoms with van der Waals surface area (Å²) < 4.78 is 6.00. The van der Waals surface area contributed by atoms with Gasteiger partial charge in [0.15, 0.2) is 0 Å². The van der Waals surface area contributed by atoms with Crippen molar-refractivity contribution in [3.63, 3.8) is 0 Å². The Morgan fingerprint density at radius 3 is 2.47 bits per heavy atom. The van der Waals surface area contributed by atoms with Crippen LogP contribution < -0.4 is 0 Å². The highest BCUT2D eigenvalue weighted by Gasteiger charge is 2.33. The minimum absolute atomic E-state index is 0.477.